The fraction of sp³-hybridized carbons (Fsp3) is 0.360. The second-order valence-electron chi connectivity index (χ2n) is 8.43. The zero-order valence-electron chi connectivity index (χ0n) is 19.6. The monoisotopic (exact) mass is 478 g/mol. The molecule has 0 N–H and O–H groups in total. The van der Waals surface area contributed by atoms with Crippen molar-refractivity contribution in [3.63, 3.8) is 0 Å². The zero-order chi connectivity index (χ0) is 24.4. The molecular formula is C25H26N4O6. The molecule has 3 heterocycles. The van der Waals surface area contributed by atoms with Crippen LogP contribution < -0.4 is 19.1 Å². The summed E-state index contributed by atoms with van der Waals surface area (Å²) >= 11 is 0. The van der Waals surface area contributed by atoms with E-state index in [2.05, 4.69) is 9.97 Å². The molecule has 2 aliphatic rings. The third-order valence-corrected chi connectivity index (χ3v) is 6.07. The molecule has 0 aliphatic carbocycles. The highest BCUT2D eigenvalue weighted by Crippen LogP contribution is 2.35. The molecule has 10 heteroatoms. The lowest BCUT2D eigenvalue weighted by molar-refractivity contribution is -0.130. The molecule has 0 bridgehead atoms. The van der Waals surface area contributed by atoms with Gasteiger partial charge in [0.15, 0.2) is 11.5 Å². The summed E-state index contributed by atoms with van der Waals surface area (Å²) in [4.78, 5) is 37.3. The van der Waals surface area contributed by atoms with Gasteiger partial charge >= 0.3 is 6.09 Å². The van der Waals surface area contributed by atoms with Crippen LogP contribution in [0.1, 0.15) is 18.4 Å². The van der Waals surface area contributed by atoms with Crippen LogP contribution in [0.5, 0.6) is 17.4 Å². The van der Waals surface area contributed by atoms with Crippen LogP contribution in [0.3, 0.4) is 0 Å². The third-order valence-electron chi connectivity index (χ3n) is 6.07. The molecule has 1 atom stereocenters. The van der Waals surface area contributed by atoms with E-state index in [4.69, 9.17) is 18.9 Å². The number of carbonyl (C=O) groups is 2. The van der Waals surface area contributed by atoms with E-state index in [0.717, 1.165) is 11.1 Å². The Morgan fingerprint density at radius 2 is 2.03 bits per heavy atom. The van der Waals surface area contributed by atoms with Gasteiger partial charge in [-0.05, 0) is 30.2 Å². The molecule has 1 fully saturated rings. The Hall–Kier alpha value is -4.08. The molecule has 2 aromatic carbocycles. The topological polar surface area (TPSA) is 103 Å². The second-order valence-corrected chi connectivity index (χ2v) is 8.43. The van der Waals surface area contributed by atoms with Crippen molar-refractivity contribution in [2.75, 3.05) is 38.8 Å². The first-order chi connectivity index (χ1) is 17.0. The number of hydrogen-bond acceptors (Lipinski definition) is 8. The summed E-state index contributed by atoms with van der Waals surface area (Å²) in [6.45, 7) is 1.72. The first-order valence-electron chi connectivity index (χ1n) is 11.4. The minimum atomic E-state index is -0.434. The normalized spacial score (nSPS) is 16.8. The quantitative estimate of drug-likeness (QED) is 0.510. The van der Waals surface area contributed by atoms with Crippen LogP contribution in [0.4, 0.5) is 10.5 Å². The van der Waals surface area contributed by atoms with Crippen molar-refractivity contribution in [1.29, 1.82) is 0 Å². The SMILES string of the molecule is COc1cnc2cccc(CN(C)C(=O)CC[C@@H]3CN(c4ccc5c(c4)OCCO5)C(=O)O3)c2n1. The third kappa shape index (κ3) is 4.77. The van der Waals surface area contributed by atoms with Crippen LogP contribution in [0.25, 0.3) is 11.0 Å². The number of fused-ring (bicyclic) bond motifs is 2. The minimum Gasteiger partial charge on any atom is -0.486 e. The molecule has 10 nitrogen and oxygen atoms in total. The average Bonchev–Trinajstić information content (AvgIpc) is 3.27. The van der Waals surface area contributed by atoms with Crippen molar-refractivity contribution in [2.45, 2.75) is 25.5 Å². The lowest BCUT2D eigenvalue weighted by Gasteiger charge is -2.21. The molecule has 2 amide bonds. The van der Waals surface area contributed by atoms with Gasteiger partial charge in [0.25, 0.3) is 0 Å². The van der Waals surface area contributed by atoms with Crippen molar-refractivity contribution in [3.05, 3.63) is 48.2 Å². The predicted octanol–water partition coefficient (Wildman–Crippen LogP) is 3.17. The molecule has 35 heavy (non-hydrogen) atoms. The van der Waals surface area contributed by atoms with Crippen LogP contribution in [0.15, 0.2) is 42.6 Å². The summed E-state index contributed by atoms with van der Waals surface area (Å²) in [6, 6.07) is 11.0. The first kappa shape index (κ1) is 22.7. The van der Waals surface area contributed by atoms with Crippen molar-refractivity contribution >= 4 is 28.7 Å². The predicted molar refractivity (Wildman–Crippen MR) is 127 cm³/mol. The number of hydrogen-bond donors (Lipinski definition) is 0. The van der Waals surface area contributed by atoms with E-state index in [1.807, 2.05) is 18.2 Å². The smallest absolute Gasteiger partial charge is 0.414 e. The largest absolute Gasteiger partial charge is 0.486 e. The Kier molecular flexibility index (Phi) is 6.26. The lowest BCUT2D eigenvalue weighted by Crippen LogP contribution is -2.28. The van der Waals surface area contributed by atoms with Crippen LogP contribution in [0, 0.1) is 0 Å². The summed E-state index contributed by atoms with van der Waals surface area (Å²) in [7, 11) is 3.29. The number of benzene rings is 2. The Labute approximate surface area is 202 Å². The Morgan fingerprint density at radius 3 is 2.86 bits per heavy atom. The van der Waals surface area contributed by atoms with Gasteiger partial charge in [0.1, 0.15) is 19.3 Å². The highest BCUT2D eigenvalue weighted by Gasteiger charge is 2.33. The number of nitrogens with zero attached hydrogens (tertiary/aromatic N) is 4. The Morgan fingerprint density at radius 1 is 1.20 bits per heavy atom. The number of anilines is 1. The first-order valence-corrected chi connectivity index (χ1v) is 11.4. The molecular weight excluding hydrogens is 452 g/mol. The van der Waals surface area contributed by atoms with Crippen LogP contribution in [0.2, 0.25) is 0 Å². The van der Waals surface area contributed by atoms with E-state index < -0.39 is 6.09 Å². The maximum atomic E-state index is 12.8. The van der Waals surface area contributed by atoms with Gasteiger partial charge < -0.3 is 23.8 Å². The van der Waals surface area contributed by atoms with Crippen LogP contribution >= 0.6 is 0 Å². The summed E-state index contributed by atoms with van der Waals surface area (Å²) < 4.78 is 21.9. The number of amides is 2. The molecule has 0 radical (unpaired) electrons. The Bertz CT molecular complexity index is 1270. The fourth-order valence-corrected chi connectivity index (χ4v) is 4.20. The van der Waals surface area contributed by atoms with Gasteiger partial charge in [-0.15, -0.1) is 0 Å². The van der Waals surface area contributed by atoms with E-state index in [0.29, 0.717) is 61.3 Å². The van der Waals surface area contributed by atoms with Crippen LogP contribution in [-0.2, 0) is 16.1 Å². The van der Waals surface area contributed by atoms with E-state index >= 15 is 0 Å². The van der Waals surface area contributed by atoms with Gasteiger partial charge in [-0.2, -0.15) is 0 Å². The van der Waals surface area contributed by atoms with Gasteiger partial charge in [-0.1, -0.05) is 12.1 Å². The molecule has 2 aliphatic heterocycles. The van der Waals surface area contributed by atoms with E-state index in [-0.39, 0.29) is 18.4 Å². The highest BCUT2D eigenvalue weighted by atomic mass is 16.6. The molecule has 1 aromatic heterocycles. The number of carbonyl (C=O) groups excluding carboxylic acids is 2. The number of methoxy groups -OCH3 is 1. The molecule has 3 aromatic rings. The number of para-hydroxylation sites is 1. The molecule has 182 valence electrons. The maximum absolute atomic E-state index is 12.8. The Balaban J connectivity index is 1.18. The molecule has 0 spiro atoms. The lowest BCUT2D eigenvalue weighted by atomic mass is 10.1. The minimum absolute atomic E-state index is 0.0494. The van der Waals surface area contributed by atoms with Gasteiger partial charge in [0.05, 0.1) is 36.6 Å². The number of ether oxygens (including phenoxy) is 4. The van der Waals surface area contributed by atoms with E-state index in [1.165, 1.54) is 0 Å². The zero-order valence-corrected chi connectivity index (χ0v) is 19.6. The molecule has 1 saturated heterocycles. The molecule has 0 unspecified atom stereocenters. The van der Waals surface area contributed by atoms with E-state index in [9.17, 15) is 9.59 Å². The number of rotatable bonds is 7. The highest BCUT2D eigenvalue weighted by molar-refractivity contribution is 5.90. The number of aromatic nitrogens is 2. The maximum Gasteiger partial charge on any atom is 0.414 e. The summed E-state index contributed by atoms with van der Waals surface area (Å²) in [5, 5.41) is 0. The van der Waals surface area contributed by atoms with Gasteiger partial charge in [0, 0.05) is 26.1 Å². The van der Waals surface area contributed by atoms with E-state index in [1.54, 1.807) is 48.4 Å². The van der Waals surface area contributed by atoms with Crippen molar-refractivity contribution in [2.24, 2.45) is 0 Å². The van der Waals surface area contributed by atoms with Crippen molar-refractivity contribution in [1.82, 2.24) is 14.9 Å². The molecule has 5 rings (SSSR count). The fourth-order valence-electron chi connectivity index (χ4n) is 4.20. The van der Waals surface area contributed by atoms with Crippen molar-refractivity contribution in [3.8, 4) is 17.4 Å². The summed E-state index contributed by atoms with van der Waals surface area (Å²) in [6.07, 6.45) is 1.44. The van der Waals surface area contributed by atoms with Crippen molar-refractivity contribution < 1.29 is 28.5 Å². The number of cyclic esters (lactones) is 1. The summed E-state index contributed by atoms with van der Waals surface area (Å²) in [5.74, 6) is 1.64. The second kappa shape index (κ2) is 9.65. The standard InChI is InChI=1S/C25H26N4O6/c1-28(14-16-4-3-5-19-24(16)27-22(32-2)13-26-19)23(30)9-7-18-15-29(25(31)35-18)17-6-8-20-21(12-17)34-11-10-33-20/h3-6,8,12-13,18H,7,9-11,14-15H2,1-2H3/t18-/m1/s1. The van der Waals surface area contributed by atoms with Gasteiger partial charge in [0.2, 0.25) is 11.8 Å². The van der Waals surface area contributed by atoms with Crippen LogP contribution in [-0.4, -0.2) is 66.9 Å². The van der Waals surface area contributed by atoms with Gasteiger partial charge in [-0.25, -0.2) is 14.8 Å². The summed E-state index contributed by atoms with van der Waals surface area (Å²) in [5.41, 5.74) is 2.99. The van der Waals surface area contributed by atoms with Gasteiger partial charge in [-0.3, -0.25) is 9.69 Å². The average molecular weight is 479 g/mol. The molecule has 0 saturated carbocycles.